The van der Waals surface area contributed by atoms with Crippen LogP contribution < -0.4 is 10.2 Å². The molecule has 0 amide bonds. The van der Waals surface area contributed by atoms with Crippen LogP contribution in [0.15, 0.2) is 18.2 Å². The van der Waals surface area contributed by atoms with Gasteiger partial charge in [0.05, 0.1) is 19.4 Å². The number of unbranched alkanes of at least 4 members (excludes halogenated alkanes) is 3. The van der Waals surface area contributed by atoms with Crippen LogP contribution >= 0.6 is 15.9 Å². The van der Waals surface area contributed by atoms with Crippen LogP contribution in [0.2, 0.25) is 0 Å². The van der Waals surface area contributed by atoms with E-state index in [4.69, 9.17) is 9.57 Å². The van der Waals surface area contributed by atoms with Gasteiger partial charge in [0, 0.05) is 11.4 Å². The van der Waals surface area contributed by atoms with Crippen molar-refractivity contribution in [3.8, 4) is 5.75 Å². The second-order valence-electron chi connectivity index (χ2n) is 4.23. The summed E-state index contributed by atoms with van der Waals surface area (Å²) in [7, 11) is 1.61. The van der Waals surface area contributed by atoms with Gasteiger partial charge in [-0.3, -0.25) is 10.3 Å². The van der Waals surface area contributed by atoms with Gasteiger partial charge in [-0.1, -0.05) is 34.8 Å². The smallest absolute Gasteiger partial charge is 0.121 e. The van der Waals surface area contributed by atoms with Gasteiger partial charge < -0.3 is 4.74 Å². The van der Waals surface area contributed by atoms with Gasteiger partial charge in [-0.15, -0.1) is 0 Å². The van der Waals surface area contributed by atoms with Gasteiger partial charge in [0.15, 0.2) is 0 Å². The van der Waals surface area contributed by atoms with Crippen LogP contribution in [0, 0.1) is 6.92 Å². The molecule has 0 unspecified atom stereocenters. The number of hydrogen-bond acceptors (Lipinski definition) is 3. The number of rotatable bonds is 9. The average molecular weight is 316 g/mol. The number of ether oxygens (including phenoxy) is 1. The first-order valence-corrected chi connectivity index (χ1v) is 7.48. The molecule has 0 heterocycles. The second-order valence-corrected chi connectivity index (χ2v) is 5.03. The third-order valence-corrected chi connectivity index (χ3v) is 3.28. The van der Waals surface area contributed by atoms with E-state index in [9.17, 15) is 0 Å². The minimum Gasteiger partial charge on any atom is -0.494 e. The highest BCUT2D eigenvalue weighted by molar-refractivity contribution is 9.09. The van der Waals surface area contributed by atoms with E-state index in [0.717, 1.165) is 35.4 Å². The van der Waals surface area contributed by atoms with Crippen molar-refractivity contribution in [1.29, 1.82) is 0 Å². The third kappa shape index (κ3) is 5.74. The summed E-state index contributed by atoms with van der Waals surface area (Å²) in [4.78, 5) is 4.92. The molecule has 0 saturated carbocycles. The first-order valence-electron chi connectivity index (χ1n) is 6.36. The second kappa shape index (κ2) is 9.22. The van der Waals surface area contributed by atoms with Gasteiger partial charge in [-0.25, -0.2) is 0 Å². The highest BCUT2D eigenvalue weighted by Crippen LogP contribution is 2.22. The Morgan fingerprint density at radius 2 is 1.94 bits per heavy atom. The number of hydrogen-bond donors (Lipinski definition) is 1. The topological polar surface area (TPSA) is 30.5 Å². The highest BCUT2D eigenvalue weighted by atomic mass is 79.9. The van der Waals surface area contributed by atoms with Gasteiger partial charge in [0.2, 0.25) is 0 Å². The first-order chi connectivity index (χ1) is 8.77. The van der Waals surface area contributed by atoms with E-state index in [0.29, 0.717) is 0 Å². The summed E-state index contributed by atoms with van der Waals surface area (Å²) in [5.74, 6) is 0.889. The lowest BCUT2D eigenvalue weighted by Gasteiger charge is -2.11. The van der Waals surface area contributed by atoms with E-state index in [1.165, 1.54) is 19.3 Å². The zero-order valence-electron chi connectivity index (χ0n) is 11.2. The van der Waals surface area contributed by atoms with Crippen LogP contribution in [0.1, 0.15) is 31.2 Å². The zero-order valence-corrected chi connectivity index (χ0v) is 12.8. The van der Waals surface area contributed by atoms with Crippen molar-refractivity contribution in [2.75, 3.05) is 24.5 Å². The van der Waals surface area contributed by atoms with Crippen LogP contribution in [0.5, 0.6) is 5.75 Å². The SMILES string of the molecule is CONc1cc(OCCCCCCBr)ccc1C. The lowest BCUT2D eigenvalue weighted by molar-refractivity contribution is 0.269. The van der Waals surface area contributed by atoms with Crippen molar-refractivity contribution in [2.45, 2.75) is 32.6 Å². The number of benzene rings is 1. The van der Waals surface area contributed by atoms with Crippen molar-refractivity contribution in [3.63, 3.8) is 0 Å². The molecule has 1 N–H and O–H groups in total. The summed E-state index contributed by atoms with van der Waals surface area (Å²) < 4.78 is 5.72. The lowest BCUT2D eigenvalue weighted by Crippen LogP contribution is -2.01. The van der Waals surface area contributed by atoms with Crippen molar-refractivity contribution >= 4 is 21.6 Å². The van der Waals surface area contributed by atoms with Gasteiger partial charge in [0.25, 0.3) is 0 Å². The van der Waals surface area contributed by atoms with Crippen molar-refractivity contribution < 1.29 is 9.57 Å². The summed E-state index contributed by atoms with van der Waals surface area (Å²) >= 11 is 3.43. The Labute approximate surface area is 118 Å². The fourth-order valence-corrected chi connectivity index (χ4v) is 2.05. The van der Waals surface area contributed by atoms with Crippen LogP contribution in [-0.2, 0) is 4.84 Å². The molecule has 0 atom stereocenters. The van der Waals surface area contributed by atoms with Crippen LogP contribution in [0.4, 0.5) is 5.69 Å². The van der Waals surface area contributed by atoms with Crippen LogP contribution in [-0.4, -0.2) is 19.0 Å². The molecule has 0 spiro atoms. The van der Waals surface area contributed by atoms with Gasteiger partial charge in [-0.2, -0.15) is 0 Å². The van der Waals surface area contributed by atoms with Crippen molar-refractivity contribution in [2.24, 2.45) is 0 Å². The molecule has 0 bridgehead atoms. The standard InChI is InChI=1S/C14H22BrNO2/c1-12-7-8-13(11-14(12)16-17-2)18-10-6-4-3-5-9-15/h7-8,11,16H,3-6,9-10H2,1-2H3. The molecule has 18 heavy (non-hydrogen) atoms. The maximum absolute atomic E-state index is 5.72. The number of nitrogens with one attached hydrogen (secondary N) is 1. The lowest BCUT2D eigenvalue weighted by atomic mass is 10.2. The largest absolute Gasteiger partial charge is 0.494 e. The number of halogens is 1. The molecule has 0 fully saturated rings. The summed E-state index contributed by atoms with van der Waals surface area (Å²) in [5, 5.41) is 1.10. The summed E-state index contributed by atoms with van der Waals surface area (Å²) in [6, 6.07) is 5.99. The Kier molecular flexibility index (Phi) is 7.85. The number of aryl methyl sites for hydroxylation is 1. The third-order valence-electron chi connectivity index (χ3n) is 2.72. The summed E-state index contributed by atoms with van der Waals surface area (Å²) in [5.41, 5.74) is 4.94. The molecule has 0 saturated heterocycles. The zero-order chi connectivity index (χ0) is 13.2. The molecule has 4 heteroatoms. The first kappa shape index (κ1) is 15.3. The molecule has 1 rings (SSSR count). The molecule has 3 nitrogen and oxygen atoms in total. The van der Waals surface area contributed by atoms with Crippen LogP contribution in [0.25, 0.3) is 0 Å². The predicted molar refractivity (Wildman–Crippen MR) is 79.6 cm³/mol. The molecule has 0 aliphatic carbocycles. The fraction of sp³-hybridized carbons (Fsp3) is 0.571. The van der Waals surface area contributed by atoms with Gasteiger partial charge in [0.1, 0.15) is 5.75 Å². The molecular formula is C14H22BrNO2. The Bertz CT molecular complexity index is 345. The fourth-order valence-electron chi connectivity index (χ4n) is 1.65. The number of alkyl halides is 1. The van der Waals surface area contributed by atoms with Gasteiger partial charge >= 0.3 is 0 Å². The molecule has 0 aromatic heterocycles. The molecule has 0 aliphatic rings. The molecule has 0 radical (unpaired) electrons. The molecule has 1 aromatic rings. The molecule has 1 aromatic carbocycles. The Balaban J connectivity index is 2.31. The minimum atomic E-state index is 0.776. The highest BCUT2D eigenvalue weighted by Gasteiger charge is 2.00. The summed E-state index contributed by atoms with van der Waals surface area (Å²) in [6.45, 7) is 2.81. The van der Waals surface area contributed by atoms with Gasteiger partial charge in [-0.05, 0) is 31.4 Å². The molecule has 102 valence electrons. The normalized spacial score (nSPS) is 10.4. The quantitative estimate of drug-likeness (QED) is 0.418. The minimum absolute atomic E-state index is 0.776. The molecule has 0 aliphatic heterocycles. The van der Waals surface area contributed by atoms with E-state index in [1.54, 1.807) is 7.11 Å². The van der Waals surface area contributed by atoms with E-state index < -0.39 is 0 Å². The van der Waals surface area contributed by atoms with E-state index in [1.807, 2.05) is 25.1 Å². The molecular weight excluding hydrogens is 294 g/mol. The van der Waals surface area contributed by atoms with Crippen LogP contribution in [0.3, 0.4) is 0 Å². The average Bonchev–Trinajstić information content (AvgIpc) is 2.37. The number of anilines is 1. The maximum atomic E-state index is 5.72. The predicted octanol–water partition coefficient (Wildman–Crippen LogP) is 4.30. The van der Waals surface area contributed by atoms with E-state index in [-0.39, 0.29) is 0 Å². The monoisotopic (exact) mass is 315 g/mol. The maximum Gasteiger partial charge on any atom is 0.121 e. The van der Waals surface area contributed by atoms with E-state index in [2.05, 4.69) is 21.4 Å². The Morgan fingerprint density at radius 1 is 1.17 bits per heavy atom. The summed E-state index contributed by atoms with van der Waals surface area (Å²) in [6.07, 6.45) is 4.83. The Hall–Kier alpha value is -0.740. The Morgan fingerprint density at radius 3 is 2.67 bits per heavy atom. The van der Waals surface area contributed by atoms with Crippen molar-refractivity contribution in [1.82, 2.24) is 0 Å². The van der Waals surface area contributed by atoms with E-state index >= 15 is 0 Å². The van der Waals surface area contributed by atoms with Crippen molar-refractivity contribution in [3.05, 3.63) is 23.8 Å².